The Labute approximate surface area is 633 Å². The lowest BCUT2D eigenvalue weighted by atomic mass is 9.99. The average molecular weight is 1480 g/mol. The zero-order valence-electron chi connectivity index (χ0n) is 62.5. The van der Waals surface area contributed by atoms with E-state index in [0.717, 1.165) is 127 Å². The number of primary amides is 1. The number of aryl methyl sites for hydroxylation is 1. The number of carbonyl (C=O) groups excluding carboxylic acids is 3. The molecule has 0 spiro atoms. The van der Waals surface area contributed by atoms with Gasteiger partial charge in [0.15, 0.2) is 11.5 Å². The fourth-order valence-electron chi connectivity index (χ4n) is 15.2. The third kappa shape index (κ3) is 18.1. The molecule has 3 aliphatic rings. The predicted octanol–water partition coefficient (Wildman–Crippen LogP) is 14.8. The fraction of sp³-hybridized carbons (Fsp3) is 0.329. The molecule has 3 saturated heterocycles. The first kappa shape index (κ1) is 75.9. The van der Waals surface area contributed by atoms with Crippen LogP contribution >= 0.6 is 0 Å². The summed E-state index contributed by atoms with van der Waals surface area (Å²) >= 11 is 0. The molecular formula is C85H93F3N16O5. The van der Waals surface area contributed by atoms with Crippen molar-refractivity contribution in [1.29, 1.82) is 0 Å². The van der Waals surface area contributed by atoms with E-state index in [1.165, 1.54) is 22.7 Å². The molecule has 109 heavy (non-hydrogen) atoms. The monoisotopic (exact) mass is 1470 g/mol. The molecule has 564 valence electrons. The Kier molecular flexibility index (Phi) is 24.2. The topological polar surface area (TPSA) is 207 Å². The molecule has 3 aliphatic heterocycles. The quantitative estimate of drug-likeness (QED) is 0.0752. The van der Waals surface area contributed by atoms with E-state index in [0.29, 0.717) is 68.1 Å². The van der Waals surface area contributed by atoms with Gasteiger partial charge < -0.3 is 29.9 Å². The summed E-state index contributed by atoms with van der Waals surface area (Å²) in [7, 11) is 0. The SMILES string of the molecule is CC(=O)C[C@H](c1ccn(-c2ccccc2)n1)N1CCCN(c2cc(C(C)C)cc3cccnc23)CC1.CCOc1c(C)cc2cccnc2c1N1CCCN(C(C(C)=O)c2ccn(-c3ccccc3)n2)CC1.NC(=O)C(c1ccn(-c2ccccc2)n1)N1CCCN(c2c(OC(F)(F)F)ccc3cccnc23)CC1. The second-order valence-corrected chi connectivity index (χ2v) is 28.1. The average Bonchev–Trinajstić information content (AvgIpc) is 0.963. The first-order valence-corrected chi connectivity index (χ1v) is 37.5. The number of anilines is 3. The first-order chi connectivity index (χ1) is 52.9. The van der Waals surface area contributed by atoms with Crippen molar-refractivity contribution in [2.45, 2.75) is 97.6 Å². The summed E-state index contributed by atoms with van der Waals surface area (Å²) in [6.45, 7) is 21.1. The summed E-state index contributed by atoms with van der Waals surface area (Å²) in [5.74, 6) is 0.813. The summed E-state index contributed by atoms with van der Waals surface area (Å²) in [5.41, 5.74) is 18.4. The third-order valence-electron chi connectivity index (χ3n) is 20.3. The van der Waals surface area contributed by atoms with Gasteiger partial charge >= 0.3 is 6.36 Å². The number of amides is 1. The number of rotatable bonds is 20. The van der Waals surface area contributed by atoms with Crippen molar-refractivity contribution < 1.29 is 37.0 Å². The summed E-state index contributed by atoms with van der Waals surface area (Å²) < 4.78 is 55.6. The van der Waals surface area contributed by atoms with Gasteiger partial charge in [0.05, 0.1) is 69.0 Å². The largest absolute Gasteiger partial charge is 0.573 e. The van der Waals surface area contributed by atoms with E-state index < -0.39 is 18.3 Å². The third-order valence-corrected chi connectivity index (χ3v) is 20.3. The van der Waals surface area contributed by atoms with Crippen molar-refractivity contribution >= 4 is 67.2 Å². The highest BCUT2D eigenvalue weighted by Crippen LogP contribution is 2.42. The maximum Gasteiger partial charge on any atom is 0.573 e. The van der Waals surface area contributed by atoms with Gasteiger partial charge in [-0.15, -0.1) is 13.2 Å². The molecule has 12 aromatic rings. The number of hydrogen-bond acceptors (Lipinski definition) is 17. The summed E-state index contributed by atoms with van der Waals surface area (Å²) in [4.78, 5) is 64.9. The highest BCUT2D eigenvalue weighted by Gasteiger charge is 2.37. The van der Waals surface area contributed by atoms with E-state index in [2.05, 4.69) is 91.6 Å². The molecule has 15 rings (SSSR count). The molecule has 0 saturated carbocycles. The number of Topliss-reactive ketones (excluding diaryl/α,β-unsaturated/α-hetero) is 2. The van der Waals surface area contributed by atoms with Gasteiger partial charge in [0.25, 0.3) is 0 Å². The minimum absolute atomic E-state index is 0.0238. The van der Waals surface area contributed by atoms with Crippen LogP contribution in [0, 0.1) is 6.92 Å². The van der Waals surface area contributed by atoms with E-state index in [1.807, 2.05) is 160 Å². The van der Waals surface area contributed by atoms with Gasteiger partial charge in [-0.05, 0) is 167 Å². The van der Waals surface area contributed by atoms with Gasteiger partial charge in [0, 0.05) is 138 Å². The zero-order chi connectivity index (χ0) is 76.1. The number of alkyl halides is 3. The standard InChI is InChI=1S/C30H35N5O.C29H33N5O2.C26H25F3N6O2/c1-22(2)25-20-24-9-7-13-31-30(24)29(21-25)34-15-8-14-33(17-18-34)28(19-23(3)36)27-12-16-35(32-27)26-10-5-4-6-11-26;1-4-36-29-21(2)20-23-10-8-14-30-26(23)28(29)33-16-9-15-32(18-19-33)27(22(3)35)25-13-17-34(31-25)24-11-6-5-7-12-24;27-26(28,29)37-21-10-9-18-6-4-12-31-22(18)24(21)34-14-5-13-33(16-17-34)23(25(30)36)20-11-15-35(32-20)19-7-2-1-3-8-19/h4-7,9-13,16,20-22,28H,8,14-15,17-19H2,1-3H3;5-8,10-14,17,20,27H,4,9,15-16,18-19H2,1-3H3;1-4,6-12,15,23H,5,13-14,16-17H2,(H2,30,36)/t28-;;/m1../s1. The minimum atomic E-state index is -4.84. The Balaban J connectivity index is 0.000000144. The normalized spacial score (nSPS) is 15.8. The van der Waals surface area contributed by atoms with Gasteiger partial charge in [-0.25, -0.2) is 14.0 Å². The van der Waals surface area contributed by atoms with Crippen LogP contribution in [-0.2, 0) is 14.4 Å². The van der Waals surface area contributed by atoms with Crippen molar-refractivity contribution in [2.24, 2.45) is 5.73 Å². The predicted molar refractivity (Wildman–Crippen MR) is 421 cm³/mol. The van der Waals surface area contributed by atoms with Gasteiger partial charge in [-0.1, -0.05) is 86.6 Å². The number of aromatic nitrogens is 9. The lowest BCUT2D eigenvalue weighted by molar-refractivity contribution is -0.274. The number of hydrogen-bond donors (Lipinski definition) is 1. The lowest BCUT2D eigenvalue weighted by Crippen LogP contribution is -2.40. The Hall–Kier alpha value is -11.3. The molecule has 9 heterocycles. The molecule has 2 unspecified atom stereocenters. The molecule has 6 aromatic heterocycles. The number of ether oxygens (including phenoxy) is 2. The van der Waals surface area contributed by atoms with E-state index in [4.69, 9.17) is 30.6 Å². The highest BCUT2D eigenvalue weighted by molar-refractivity contribution is 5.96. The van der Waals surface area contributed by atoms with E-state index in [1.54, 1.807) is 55.2 Å². The summed E-state index contributed by atoms with van der Waals surface area (Å²) in [6, 6.07) is 55.6. The Morgan fingerprint density at radius 2 is 0.963 bits per heavy atom. The molecule has 1 amide bonds. The van der Waals surface area contributed by atoms with Crippen molar-refractivity contribution in [2.75, 3.05) is 99.8 Å². The number of pyridine rings is 3. The van der Waals surface area contributed by atoms with Gasteiger partial charge in [0.1, 0.15) is 35.0 Å². The molecule has 2 N–H and O–H groups in total. The number of fused-ring (bicyclic) bond motifs is 3. The van der Waals surface area contributed by atoms with Crippen molar-refractivity contribution in [3.63, 3.8) is 0 Å². The zero-order valence-corrected chi connectivity index (χ0v) is 62.5. The van der Waals surface area contributed by atoms with Crippen LogP contribution in [0.1, 0.15) is 113 Å². The highest BCUT2D eigenvalue weighted by atomic mass is 19.4. The summed E-state index contributed by atoms with van der Waals surface area (Å²) in [5, 5.41) is 17.3. The smallest absolute Gasteiger partial charge is 0.491 e. The first-order valence-electron chi connectivity index (χ1n) is 37.5. The van der Waals surface area contributed by atoms with Crippen molar-refractivity contribution in [1.82, 2.24) is 59.0 Å². The molecule has 6 aromatic carbocycles. The van der Waals surface area contributed by atoms with E-state index >= 15 is 0 Å². The Morgan fingerprint density at radius 1 is 0.495 bits per heavy atom. The lowest BCUT2D eigenvalue weighted by Gasteiger charge is -2.29. The molecule has 21 nitrogen and oxygen atoms in total. The molecule has 3 fully saturated rings. The number of halogens is 3. The summed E-state index contributed by atoms with van der Waals surface area (Å²) in [6.07, 6.45) is 9.13. The Bertz CT molecular complexity index is 5070. The molecule has 24 heteroatoms. The Morgan fingerprint density at radius 3 is 1.50 bits per heavy atom. The number of nitrogens with zero attached hydrogens (tertiary/aromatic N) is 15. The molecular weight excluding hydrogens is 1380 g/mol. The van der Waals surface area contributed by atoms with Crippen LogP contribution in [0.5, 0.6) is 11.5 Å². The van der Waals surface area contributed by atoms with Gasteiger partial charge in [-0.3, -0.25) is 44.0 Å². The second kappa shape index (κ2) is 34.7. The number of ketones is 2. The second-order valence-electron chi connectivity index (χ2n) is 28.1. The van der Waals surface area contributed by atoms with Crippen LogP contribution in [0.3, 0.4) is 0 Å². The van der Waals surface area contributed by atoms with Crippen LogP contribution < -0.4 is 29.9 Å². The molecule has 0 radical (unpaired) electrons. The van der Waals surface area contributed by atoms with Gasteiger partial charge in [0.2, 0.25) is 5.91 Å². The maximum atomic E-state index is 13.2. The van der Waals surface area contributed by atoms with E-state index in [9.17, 15) is 27.6 Å². The number of para-hydroxylation sites is 3. The van der Waals surface area contributed by atoms with E-state index in [-0.39, 0.29) is 35.1 Å². The van der Waals surface area contributed by atoms with Crippen molar-refractivity contribution in [3.05, 3.63) is 241 Å². The van der Waals surface area contributed by atoms with Crippen LogP contribution in [0.2, 0.25) is 0 Å². The number of nitrogens with two attached hydrogens (primary N) is 1. The molecule has 0 bridgehead atoms. The minimum Gasteiger partial charge on any atom is -0.491 e. The van der Waals surface area contributed by atoms with Crippen LogP contribution in [-0.4, -0.2) is 168 Å². The number of benzene rings is 6. The molecule has 0 aliphatic carbocycles. The van der Waals surface area contributed by atoms with Crippen LogP contribution in [0.25, 0.3) is 49.8 Å². The maximum absolute atomic E-state index is 13.2. The number of carbonyl (C=O) groups is 3. The van der Waals surface area contributed by atoms with Crippen molar-refractivity contribution in [3.8, 4) is 28.6 Å². The van der Waals surface area contributed by atoms with Crippen LogP contribution in [0.15, 0.2) is 213 Å². The van der Waals surface area contributed by atoms with Gasteiger partial charge in [-0.2, -0.15) is 15.3 Å². The van der Waals surface area contributed by atoms with Crippen LogP contribution in [0.4, 0.5) is 30.2 Å². The molecule has 3 atom stereocenters. The fourth-order valence-corrected chi connectivity index (χ4v) is 15.2.